The second kappa shape index (κ2) is 8.09. The van der Waals surface area contributed by atoms with Crippen molar-refractivity contribution in [1.82, 2.24) is 5.32 Å². The van der Waals surface area contributed by atoms with Crippen molar-refractivity contribution in [2.45, 2.75) is 69.1 Å². The average molecular weight is 292 g/mol. The summed E-state index contributed by atoms with van der Waals surface area (Å²) in [5.41, 5.74) is 1.37. The molecule has 1 N–H and O–H groups in total. The molecule has 0 radical (unpaired) electrons. The molecule has 1 saturated carbocycles. The van der Waals surface area contributed by atoms with Gasteiger partial charge in [0.15, 0.2) is 0 Å². The van der Waals surface area contributed by atoms with Crippen molar-refractivity contribution in [3.05, 3.63) is 29.8 Å². The first kappa shape index (κ1) is 15.9. The van der Waals surface area contributed by atoms with Gasteiger partial charge in [0.05, 0.1) is 0 Å². The second-order valence-corrected chi connectivity index (χ2v) is 7.42. The maximum atomic E-state index is 3.71. The van der Waals surface area contributed by atoms with E-state index >= 15 is 0 Å². The van der Waals surface area contributed by atoms with E-state index in [9.17, 15) is 0 Å². The maximum Gasteiger partial charge on any atom is 0.0251 e. The van der Waals surface area contributed by atoms with E-state index in [2.05, 4.69) is 62.1 Å². The van der Waals surface area contributed by atoms with Gasteiger partial charge in [-0.05, 0) is 50.8 Å². The van der Waals surface area contributed by atoms with Gasteiger partial charge in [-0.1, -0.05) is 44.4 Å². The molecular formula is C18H29NS. The molecule has 1 aromatic carbocycles. The minimum absolute atomic E-state index is 0.693. The summed E-state index contributed by atoms with van der Waals surface area (Å²) in [6, 6.07) is 9.67. The Morgan fingerprint density at radius 2 is 2.10 bits per heavy atom. The zero-order valence-corrected chi connectivity index (χ0v) is 14.0. The summed E-state index contributed by atoms with van der Waals surface area (Å²) in [5.74, 6) is 0.942. The van der Waals surface area contributed by atoms with Crippen molar-refractivity contribution in [3.63, 3.8) is 0 Å². The van der Waals surface area contributed by atoms with Crippen LogP contribution in [0.1, 0.15) is 51.5 Å². The van der Waals surface area contributed by atoms with E-state index in [1.165, 1.54) is 42.6 Å². The number of rotatable bonds is 6. The molecule has 0 aromatic heterocycles. The predicted octanol–water partition coefficient (Wildman–Crippen LogP) is 5.03. The molecule has 0 bridgehead atoms. The highest BCUT2D eigenvalue weighted by atomic mass is 32.2. The van der Waals surface area contributed by atoms with Crippen molar-refractivity contribution in [2.75, 3.05) is 6.54 Å². The van der Waals surface area contributed by atoms with Crippen molar-refractivity contribution in [1.29, 1.82) is 0 Å². The third kappa shape index (κ3) is 4.53. The molecule has 0 spiro atoms. The van der Waals surface area contributed by atoms with Crippen LogP contribution in [0.15, 0.2) is 29.2 Å². The lowest BCUT2D eigenvalue weighted by Gasteiger charge is -2.36. The summed E-state index contributed by atoms with van der Waals surface area (Å²) in [5, 5.41) is 4.45. The Kier molecular flexibility index (Phi) is 6.44. The van der Waals surface area contributed by atoms with Crippen LogP contribution in [0.4, 0.5) is 0 Å². The molecule has 1 aliphatic rings. The zero-order valence-electron chi connectivity index (χ0n) is 13.2. The van der Waals surface area contributed by atoms with Gasteiger partial charge in [0.25, 0.3) is 0 Å². The molecule has 0 aliphatic heterocycles. The van der Waals surface area contributed by atoms with Gasteiger partial charge in [0.1, 0.15) is 0 Å². The van der Waals surface area contributed by atoms with Crippen LogP contribution in [0.5, 0.6) is 0 Å². The van der Waals surface area contributed by atoms with Crippen molar-refractivity contribution >= 4 is 11.8 Å². The molecule has 112 valence electrons. The number of hydrogen-bond acceptors (Lipinski definition) is 2. The van der Waals surface area contributed by atoms with E-state index in [4.69, 9.17) is 0 Å². The van der Waals surface area contributed by atoms with Gasteiger partial charge in [-0.2, -0.15) is 0 Å². The molecule has 0 amide bonds. The third-order valence-electron chi connectivity index (χ3n) is 4.34. The Morgan fingerprint density at radius 1 is 1.25 bits per heavy atom. The van der Waals surface area contributed by atoms with E-state index in [1.807, 2.05) is 0 Å². The van der Waals surface area contributed by atoms with Crippen LogP contribution in [0.25, 0.3) is 0 Å². The van der Waals surface area contributed by atoms with E-state index < -0.39 is 0 Å². The zero-order chi connectivity index (χ0) is 14.4. The molecule has 1 aromatic rings. The summed E-state index contributed by atoms with van der Waals surface area (Å²) < 4.78 is 0. The van der Waals surface area contributed by atoms with Gasteiger partial charge in [-0.15, -0.1) is 11.8 Å². The second-order valence-electron chi connectivity index (χ2n) is 6.10. The topological polar surface area (TPSA) is 12.0 Å². The largest absolute Gasteiger partial charge is 0.313 e. The van der Waals surface area contributed by atoms with Gasteiger partial charge < -0.3 is 5.32 Å². The fourth-order valence-corrected chi connectivity index (χ4v) is 4.90. The Balaban J connectivity index is 2.02. The standard InChI is InChI=1S/C18H29NS/c1-4-7-15-10-11-17(19-5-2)18(13-15)20-16-9-6-8-14(3)12-16/h6,8-9,12,15,17-19H,4-5,7,10-11,13H2,1-3H3. The van der Waals surface area contributed by atoms with E-state index in [-0.39, 0.29) is 0 Å². The van der Waals surface area contributed by atoms with Gasteiger partial charge in [-0.3, -0.25) is 0 Å². The van der Waals surface area contributed by atoms with Crippen molar-refractivity contribution in [3.8, 4) is 0 Å². The number of thioether (sulfide) groups is 1. The van der Waals surface area contributed by atoms with Gasteiger partial charge in [-0.25, -0.2) is 0 Å². The molecule has 20 heavy (non-hydrogen) atoms. The first-order valence-corrected chi connectivity index (χ1v) is 9.07. The molecule has 2 rings (SSSR count). The molecule has 0 heterocycles. The summed E-state index contributed by atoms with van der Waals surface area (Å²) in [6.45, 7) is 7.83. The molecule has 1 nitrogen and oxygen atoms in total. The Bertz CT molecular complexity index is 404. The van der Waals surface area contributed by atoms with Crippen LogP contribution in [0, 0.1) is 12.8 Å². The molecule has 1 fully saturated rings. The van der Waals surface area contributed by atoms with Crippen molar-refractivity contribution < 1.29 is 0 Å². The minimum Gasteiger partial charge on any atom is -0.313 e. The SMILES string of the molecule is CCCC1CCC(NCC)C(Sc2cccc(C)c2)C1. The summed E-state index contributed by atoms with van der Waals surface area (Å²) in [6.07, 6.45) is 6.88. The van der Waals surface area contributed by atoms with Crippen LogP contribution >= 0.6 is 11.8 Å². The van der Waals surface area contributed by atoms with Crippen LogP contribution in [-0.4, -0.2) is 17.8 Å². The molecule has 3 atom stereocenters. The highest BCUT2D eigenvalue weighted by Crippen LogP contribution is 2.38. The quantitative estimate of drug-likeness (QED) is 0.788. The monoisotopic (exact) mass is 291 g/mol. The predicted molar refractivity (Wildman–Crippen MR) is 90.5 cm³/mol. The molecule has 0 saturated heterocycles. The molecule has 2 heteroatoms. The number of hydrogen-bond donors (Lipinski definition) is 1. The Labute approximate surface area is 128 Å². The fourth-order valence-electron chi connectivity index (χ4n) is 3.37. The lowest BCUT2D eigenvalue weighted by atomic mass is 9.83. The van der Waals surface area contributed by atoms with Crippen LogP contribution in [0.3, 0.4) is 0 Å². The first-order valence-electron chi connectivity index (χ1n) is 8.19. The minimum atomic E-state index is 0.693. The fraction of sp³-hybridized carbons (Fsp3) is 0.667. The summed E-state index contributed by atoms with van der Waals surface area (Å²) in [4.78, 5) is 1.44. The number of nitrogens with one attached hydrogen (secondary N) is 1. The molecule has 3 unspecified atom stereocenters. The van der Waals surface area contributed by atoms with Gasteiger partial charge in [0, 0.05) is 16.2 Å². The number of benzene rings is 1. The number of aryl methyl sites for hydroxylation is 1. The lowest BCUT2D eigenvalue weighted by molar-refractivity contribution is 0.289. The van der Waals surface area contributed by atoms with Crippen LogP contribution in [0.2, 0.25) is 0 Å². The average Bonchev–Trinajstić information content (AvgIpc) is 2.42. The maximum absolute atomic E-state index is 3.71. The van der Waals surface area contributed by atoms with Gasteiger partial charge >= 0.3 is 0 Å². The smallest absolute Gasteiger partial charge is 0.0251 e. The normalized spacial score (nSPS) is 26.6. The van der Waals surface area contributed by atoms with E-state index in [0.717, 1.165) is 17.7 Å². The summed E-state index contributed by atoms with van der Waals surface area (Å²) >= 11 is 2.09. The molecule has 1 aliphatic carbocycles. The Morgan fingerprint density at radius 3 is 2.80 bits per heavy atom. The Hall–Kier alpha value is -0.470. The van der Waals surface area contributed by atoms with Crippen LogP contribution in [-0.2, 0) is 0 Å². The van der Waals surface area contributed by atoms with Crippen molar-refractivity contribution in [2.24, 2.45) is 5.92 Å². The molecular weight excluding hydrogens is 262 g/mol. The van der Waals surface area contributed by atoms with E-state index in [1.54, 1.807) is 0 Å². The first-order chi connectivity index (χ1) is 9.72. The van der Waals surface area contributed by atoms with E-state index in [0.29, 0.717) is 6.04 Å². The lowest BCUT2D eigenvalue weighted by Crippen LogP contribution is -2.42. The highest BCUT2D eigenvalue weighted by Gasteiger charge is 2.30. The third-order valence-corrected chi connectivity index (χ3v) is 5.69. The van der Waals surface area contributed by atoms with Gasteiger partial charge in [0.2, 0.25) is 0 Å². The van der Waals surface area contributed by atoms with Crippen LogP contribution < -0.4 is 5.32 Å². The highest BCUT2D eigenvalue weighted by molar-refractivity contribution is 8.00. The summed E-state index contributed by atoms with van der Waals surface area (Å²) in [7, 11) is 0.